The number of amides is 1. The van der Waals surface area contributed by atoms with Gasteiger partial charge in [0.05, 0.1) is 6.10 Å². The fourth-order valence-electron chi connectivity index (χ4n) is 2.36. The van der Waals surface area contributed by atoms with Crippen LogP contribution in [0.5, 0.6) is 0 Å². The monoisotopic (exact) mass is 388 g/mol. The van der Waals surface area contributed by atoms with E-state index in [1.807, 2.05) is 29.2 Å². The summed E-state index contributed by atoms with van der Waals surface area (Å²) in [5.41, 5.74) is 6.23. The van der Waals surface area contributed by atoms with E-state index in [-0.39, 0.29) is 12.0 Å². The molecule has 2 N–H and O–H groups in total. The third kappa shape index (κ3) is 4.43. The van der Waals surface area contributed by atoms with Crippen LogP contribution in [0.25, 0.3) is 0 Å². The normalized spacial score (nSPS) is 16.4. The van der Waals surface area contributed by atoms with Gasteiger partial charge in [-0.3, -0.25) is 4.79 Å². The summed E-state index contributed by atoms with van der Waals surface area (Å²) in [7, 11) is 0. The first-order valence-electron chi connectivity index (χ1n) is 7.07. The highest BCUT2D eigenvalue weighted by Crippen LogP contribution is 2.17. The summed E-state index contributed by atoms with van der Waals surface area (Å²) in [6.45, 7) is 2.95. The van der Waals surface area contributed by atoms with Crippen molar-refractivity contribution in [2.75, 3.05) is 26.2 Å². The number of benzene rings is 1. The molecule has 110 valence electrons. The number of hydrogen-bond donors (Lipinski definition) is 1. The highest BCUT2D eigenvalue weighted by molar-refractivity contribution is 14.1. The van der Waals surface area contributed by atoms with Gasteiger partial charge in [-0.05, 0) is 66.6 Å². The number of halogens is 1. The van der Waals surface area contributed by atoms with E-state index in [9.17, 15) is 4.79 Å². The summed E-state index contributed by atoms with van der Waals surface area (Å²) in [5.74, 6) is 0.129. The van der Waals surface area contributed by atoms with Crippen molar-refractivity contribution in [2.24, 2.45) is 5.73 Å². The lowest BCUT2D eigenvalue weighted by Gasteiger charge is -2.32. The van der Waals surface area contributed by atoms with Crippen molar-refractivity contribution in [3.05, 3.63) is 33.4 Å². The van der Waals surface area contributed by atoms with Gasteiger partial charge in [0.1, 0.15) is 0 Å². The van der Waals surface area contributed by atoms with Crippen molar-refractivity contribution in [1.29, 1.82) is 0 Å². The van der Waals surface area contributed by atoms with Gasteiger partial charge >= 0.3 is 0 Å². The standard InChI is InChI=1S/C15H21IN2O2/c16-13-4-1-3-12(11-13)15(19)18-8-5-14(6-9-18)20-10-2-7-17/h1,3-4,11,14H,2,5-10,17H2. The van der Waals surface area contributed by atoms with Crippen LogP contribution in [-0.4, -0.2) is 43.2 Å². The summed E-state index contributed by atoms with van der Waals surface area (Å²) in [6.07, 6.45) is 3.02. The highest BCUT2D eigenvalue weighted by atomic mass is 127. The van der Waals surface area contributed by atoms with E-state index in [0.29, 0.717) is 6.54 Å². The molecule has 0 unspecified atom stereocenters. The van der Waals surface area contributed by atoms with Crippen molar-refractivity contribution in [2.45, 2.75) is 25.4 Å². The van der Waals surface area contributed by atoms with Crippen LogP contribution in [0.2, 0.25) is 0 Å². The first-order chi connectivity index (χ1) is 9.70. The molecular formula is C15H21IN2O2. The number of nitrogens with zero attached hydrogens (tertiary/aromatic N) is 1. The minimum Gasteiger partial charge on any atom is -0.378 e. The SMILES string of the molecule is NCCCOC1CCN(C(=O)c2cccc(I)c2)CC1. The lowest BCUT2D eigenvalue weighted by molar-refractivity contribution is 0.00844. The Morgan fingerprint density at radius 2 is 2.15 bits per heavy atom. The predicted molar refractivity (Wildman–Crippen MR) is 87.7 cm³/mol. The van der Waals surface area contributed by atoms with Gasteiger partial charge in [-0.1, -0.05) is 6.07 Å². The number of carbonyl (C=O) groups is 1. The van der Waals surface area contributed by atoms with Crippen LogP contribution >= 0.6 is 22.6 Å². The third-order valence-corrected chi connectivity index (χ3v) is 4.17. The molecule has 4 nitrogen and oxygen atoms in total. The molecule has 1 saturated heterocycles. The molecule has 0 bridgehead atoms. The predicted octanol–water partition coefficient (Wildman–Crippen LogP) is 2.26. The molecule has 0 spiro atoms. The Kier molecular flexibility index (Phi) is 6.25. The molecule has 1 heterocycles. The molecule has 0 saturated carbocycles. The van der Waals surface area contributed by atoms with E-state index in [4.69, 9.17) is 10.5 Å². The molecule has 0 aliphatic carbocycles. The molecule has 2 rings (SSSR count). The van der Waals surface area contributed by atoms with Gasteiger partial charge in [-0.2, -0.15) is 0 Å². The molecule has 1 amide bonds. The van der Waals surface area contributed by atoms with Crippen molar-refractivity contribution in [1.82, 2.24) is 4.90 Å². The fraction of sp³-hybridized carbons (Fsp3) is 0.533. The van der Waals surface area contributed by atoms with Gasteiger partial charge < -0.3 is 15.4 Å². The number of rotatable bonds is 5. The number of likely N-dealkylation sites (tertiary alicyclic amines) is 1. The van der Waals surface area contributed by atoms with Crippen LogP contribution in [0.15, 0.2) is 24.3 Å². The van der Waals surface area contributed by atoms with E-state index < -0.39 is 0 Å². The molecule has 1 fully saturated rings. The minimum atomic E-state index is 0.129. The number of hydrogen-bond acceptors (Lipinski definition) is 3. The minimum absolute atomic E-state index is 0.129. The van der Waals surface area contributed by atoms with Crippen molar-refractivity contribution in [3.63, 3.8) is 0 Å². The number of piperidine rings is 1. The highest BCUT2D eigenvalue weighted by Gasteiger charge is 2.23. The molecule has 1 aliphatic heterocycles. The molecule has 1 aromatic rings. The van der Waals surface area contributed by atoms with Gasteiger partial charge in [0.25, 0.3) is 5.91 Å². The average Bonchev–Trinajstić information content (AvgIpc) is 2.47. The van der Waals surface area contributed by atoms with E-state index in [2.05, 4.69) is 22.6 Å². The Labute approximate surface area is 133 Å². The Morgan fingerprint density at radius 1 is 1.40 bits per heavy atom. The molecule has 1 aromatic carbocycles. The van der Waals surface area contributed by atoms with Gasteiger partial charge in [0, 0.05) is 28.8 Å². The van der Waals surface area contributed by atoms with Crippen LogP contribution in [0.4, 0.5) is 0 Å². The van der Waals surface area contributed by atoms with Crippen molar-refractivity contribution in [3.8, 4) is 0 Å². The molecule has 0 radical (unpaired) electrons. The molecule has 0 atom stereocenters. The van der Waals surface area contributed by atoms with Gasteiger partial charge in [0.15, 0.2) is 0 Å². The molecule has 1 aliphatic rings. The Hall–Kier alpha value is -0.660. The second-order valence-electron chi connectivity index (χ2n) is 5.01. The number of nitrogens with two attached hydrogens (primary N) is 1. The maximum absolute atomic E-state index is 12.4. The third-order valence-electron chi connectivity index (χ3n) is 3.50. The first-order valence-corrected chi connectivity index (χ1v) is 8.15. The molecule has 20 heavy (non-hydrogen) atoms. The van der Waals surface area contributed by atoms with Gasteiger partial charge in [-0.25, -0.2) is 0 Å². The summed E-state index contributed by atoms with van der Waals surface area (Å²) in [5, 5.41) is 0. The summed E-state index contributed by atoms with van der Waals surface area (Å²) >= 11 is 2.23. The maximum Gasteiger partial charge on any atom is 0.253 e. The van der Waals surface area contributed by atoms with E-state index in [0.717, 1.165) is 48.1 Å². The van der Waals surface area contributed by atoms with Crippen molar-refractivity contribution < 1.29 is 9.53 Å². The smallest absolute Gasteiger partial charge is 0.253 e. The topological polar surface area (TPSA) is 55.6 Å². The average molecular weight is 388 g/mol. The zero-order valence-corrected chi connectivity index (χ0v) is 13.7. The van der Waals surface area contributed by atoms with Gasteiger partial charge in [-0.15, -0.1) is 0 Å². The van der Waals surface area contributed by atoms with E-state index in [1.54, 1.807) is 0 Å². The second kappa shape index (κ2) is 7.95. The van der Waals surface area contributed by atoms with Crippen LogP contribution < -0.4 is 5.73 Å². The molecule has 0 aromatic heterocycles. The summed E-state index contributed by atoms with van der Waals surface area (Å²) in [6, 6.07) is 7.74. The zero-order chi connectivity index (χ0) is 14.4. The first kappa shape index (κ1) is 15.7. The van der Waals surface area contributed by atoms with Crippen LogP contribution in [0.1, 0.15) is 29.6 Å². The van der Waals surface area contributed by atoms with Crippen molar-refractivity contribution >= 4 is 28.5 Å². The van der Waals surface area contributed by atoms with Crippen LogP contribution in [-0.2, 0) is 4.74 Å². The Bertz CT molecular complexity index is 445. The molecule has 5 heteroatoms. The Balaban J connectivity index is 1.83. The lowest BCUT2D eigenvalue weighted by Crippen LogP contribution is -2.41. The molecular weight excluding hydrogens is 367 g/mol. The maximum atomic E-state index is 12.4. The quantitative estimate of drug-likeness (QED) is 0.622. The fourth-order valence-corrected chi connectivity index (χ4v) is 2.91. The second-order valence-corrected chi connectivity index (χ2v) is 6.26. The van der Waals surface area contributed by atoms with Crippen LogP contribution in [0.3, 0.4) is 0 Å². The number of carbonyl (C=O) groups excluding carboxylic acids is 1. The van der Waals surface area contributed by atoms with E-state index >= 15 is 0 Å². The van der Waals surface area contributed by atoms with E-state index in [1.165, 1.54) is 0 Å². The van der Waals surface area contributed by atoms with Gasteiger partial charge in [0.2, 0.25) is 0 Å². The van der Waals surface area contributed by atoms with Crippen LogP contribution in [0, 0.1) is 3.57 Å². The number of ether oxygens (including phenoxy) is 1. The lowest BCUT2D eigenvalue weighted by atomic mass is 10.1. The zero-order valence-electron chi connectivity index (χ0n) is 11.6. The largest absolute Gasteiger partial charge is 0.378 e. The summed E-state index contributed by atoms with van der Waals surface area (Å²) < 4.78 is 6.85. The Morgan fingerprint density at radius 3 is 2.80 bits per heavy atom. The summed E-state index contributed by atoms with van der Waals surface area (Å²) in [4.78, 5) is 14.3.